The van der Waals surface area contributed by atoms with E-state index in [1.54, 1.807) is 12.0 Å². The van der Waals surface area contributed by atoms with Crippen molar-refractivity contribution >= 4 is 29.3 Å². The van der Waals surface area contributed by atoms with Crippen molar-refractivity contribution in [3.8, 4) is 16.9 Å². The van der Waals surface area contributed by atoms with E-state index in [1.807, 2.05) is 141 Å². The summed E-state index contributed by atoms with van der Waals surface area (Å²) in [4.78, 5) is 55.1. The van der Waals surface area contributed by atoms with E-state index in [-0.39, 0.29) is 42.9 Å². The fourth-order valence-corrected chi connectivity index (χ4v) is 7.01. The summed E-state index contributed by atoms with van der Waals surface area (Å²) >= 11 is 0. The number of para-hydroxylation sites is 1. The first kappa shape index (κ1) is 38.5. The predicted molar refractivity (Wildman–Crippen MR) is 215 cm³/mol. The summed E-state index contributed by atoms with van der Waals surface area (Å²) in [5.74, 6) is 0.0454. The number of methoxy groups -OCH3 is 1. The quantitative estimate of drug-likeness (QED) is 0.117. The standard InChI is InChI=1S/C46H48N4O5/c1-46(2,49-43(52)27-32-11-5-4-6-12-32)29-44(53)48-40-26-23-36-13-8-10-16-41(36)50(45(40)54)31-34-17-21-35(22-18-34)39-15-9-7-14-37(39)28-42(51)47-30-33-19-24-38(55-3)25-20-33/h4-22,24-25,40H,23,26-31H2,1-3H3,(H,47,51)(H,48,53)(H,49,52)/t40-/m1/s1. The number of rotatable bonds is 14. The maximum atomic E-state index is 14.2. The molecule has 9 heteroatoms. The van der Waals surface area contributed by atoms with Crippen LogP contribution in [0.4, 0.5) is 5.69 Å². The largest absolute Gasteiger partial charge is 0.497 e. The van der Waals surface area contributed by atoms with Crippen molar-refractivity contribution in [2.75, 3.05) is 12.0 Å². The molecule has 0 aromatic heterocycles. The summed E-state index contributed by atoms with van der Waals surface area (Å²) in [6.07, 6.45) is 1.57. The summed E-state index contributed by atoms with van der Waals surface area (Å²) in [5, 5.41) is 8.99. The molecule has 9 nitrogen and oxygen atoms in total. The molecule has 0 unspecified atom stereocenters. The highest BCUT2D eigenvalue weighted by Gasteiger charge is 2.33. The minimum Gasteiger partial charge on any atom is -0.497 e. The van der Waals surface area contributed by atoms with E-state index in [9.17, 15) is 19.2 Å². The van der Waals surface area contributed by atoms with Crippen LogP contribution in [0.1, 0.15) is 54.5 Å². The monoisotopic (exact) mass is 736 g/mol. The second-order valence-corrected chi connectivity index (χ2v) is 14.6. The van der Waals surface area contributed by atoms with E-state index in [1.165, 1.54) is 0 Å². The SMILES string of the molecule is COc1ccc(CNC(=O)Cc2ccccc2-c2ccc(CN3C(=O)[C@H](NC(=O)CC(C)(C)NC(=O)Cc4ccccc4)CCc4ccccc43)cc2)cc1. The van der Waals surface area contributed by atoms with Crippen molar-refractivity contribution in [3.05, 3.63) is 155 Å². The number of benzene rings is 5. The van der Waals surface area contributed by atoms with E-state index in [2.05, 4.69) is 16.0 Å². The lowest BCUT2D eigenvalue weighted by atomic mass is 9.96. The van der Waals surface area contributed by atoms with Crippen molar-refractivity contribution < 1.29 is 23.9 Å². The number of aryl methyl sites for hydroxylation is 1. The van der Waals surface area contributed by atoms with E-state index in [0.29, 0.717) is 25.9 Å². The van der Waals surface area contributed by atoms with Gasteiger partial charge in [0.05, 0.1) is 26.5 Å². The molecule has 6 rings (SSSR count). The molecule has 282 valence electrons. The first-order valence-electron chi connectivity index (χ1n) is 18.7. The average Bonchev–Trinajstić information content (AvgIpc) is 3.30. The van der Waals surface area contributed by atoms with Crippen LogP contribution in [0, 0.1) is 0 Å². The lowest BCUT2D eigenvalue weighted by Gasteiger charge is -2.29. The number of hydrogen-bond donors (Lipinski definition) is 3. The minimum atomic E-state index is -0.812. The number of anilines is 1. The first-order chi connectivity index (χ1) is 26.6. The zero-order chi connectivity index (χ0) is 38.8. The van der Waals surface area contributed by atoms with Crippen molar-refractivity contribution in [3.63, 3.8) is 0 Å². The third-order valence-corrected chi connectivity index (χ3v) is 9.79. The van der Waals surface area contributed by atoms with Crippen LogP contribution in [0.3, 0.4) is 0 Å². The molecular weight excluding hydrogens is 689 g/mol. The molecule has 1 heterocycles. The molecular formula is C46H48N4O5. The molecule has 55 heavy (non-hydrogen) atoms. The van der Waals surface area contributed by atoms with Gasteiger partial charge in [-0.3, -0.25) is 19.2 Å². The van der Waals surface area contributed by atoms with Gasteiger partial charge in [0.15, 0.2) is 0 Å². The van der Waals surface area contributed by atoms with Crippen LogP contribution in [0.15, 0.2) is 127 Å². The van der Waals surface area contributed by atoms with Crippen molar-refractivity contribution in [1.82, 2.24) is 16.0 Å². The number of ether oxygens (including phenoxy) is 1. The molecule has 5 aromatic rings. The summed E-state index contributed by atoms with van der Waals surface area (Å²) in [7, 11) is 1.62. The Morgan fingerprint density at radius 3 is 2.15 bits per heavy atom. The molecule has 0 fully saturated rings. The fourth-order valence-electron chi connectivity index (χ4n) is 7.01. The maximum absolute atomic E-state index is 14.2. The normalized spacial score (nSPS) is 14.0. The predicted octanol–water partition coefficient (Wildman–Crippen LogP) is 6.71. The average molecular weight is 737 g/mol. The Hall–Kier alpha value is -6.22. The third kappa shape index (κ3) is 10.5. The Morgan fingerprint density at radius 1 is 0.727 bits per heavy atom. The highest BCUT2D eigenvalue weighted by molar-refractivity contribution is 6.00. The zero-order valence-electron chi connectivity index (χ0n) is 31.6. The second-order valence-electron chi connectivity index (χ2n) is 14.6. The number of fused-ring (bicyclic) bond motifs is 1. The molecule has 0 spiro atoms. The van der Waals surface area contributed by atoms with Crippen LogP contribution in [-0.4, -0.2) is 42.3 Å². The van der Waals surface area contributed by atoms with Gasteiger partial charge in [0, 0.05) is 24.2 Å². The first-order valence-corrected chi connectivity index (χ1v) is 18.7. The Labute approximate surface area is 323 Å². The van der Waals surface area contributed by atoms with Crippen LogP contribution >= 0.6 is 0 Å². The van der Waals surface area contributed by atoms with Gasteiger partial charge in [-0.2, -0.15) is 0 Å². The summed E-state index contributed by atoms with van der Waals surface area (Å²) in [5.41, 5.74) is 6.71. The highest BCUT2D eigenvalue weighted by atomic mass is 16.5. The number of carbonyl (C=O) groups is 4. The molecule has 1 aliphatic heterocycles. The smallest absolute Gasteiger partial charge is 0.249 e. The number of hydrogen-bond acceptors (Lipinski definition) is 5. The van der Waals surface area contributed by atoms with Crippen LogP contribution < -0.4 is 25.6 Å². The van der Waals surface area contributed by atoms with Crippen molar-refractivity contribution in [1.29, 1.82) is 0 Å². The van der Waals surface area contributed by atoms with E-state index in [0.717, 1.165) is 50.4 Å². The van der Waals surface area contributed by atoms with Gasteiger partial charge in [0.1, 0.15) is 11.8 Å². The van der Waals surface area contributed by atoms with Gasteiger partial charge in [-0.15, -0.1) is 0 Å². The second kappa shape index (κ2) is 17.7. The molecule has 0 saturated carbocycles. The van der Waals surface area contributed by atoms with Gasteiger partial charge in [-0.1, -0.05) is 109 Å². The van der Waals surface area contributed by atoms with Crippen LogP contribution in [0.5, 0.6) is 5.75 Å². The van der Waals surface area contributed by atoms with Crippen molar-refractivity contribution in [2.45, 2.75) is 70.6 Å². The van der Waals surface area contributed by atoms with Gasteiger partial charge in [-0.05, 0) is 83.8 Å². The number of amides is 4. The Morgan fingerprint density at radius 2 is 1.40 bits per heavy atom. The number of nitrogens with one attached hydrogen (secondary N) is 3. The molecule has 0 radical (unpaired) electrons. The molecule has 1 aliphatic rings. The summed E-state index contributed by atoms with van der Waals surface area (Å²) in [6, 6.07) is 40.1. The van der Waals surface area contributed by atoms with Crippen molar-refractivity contribution in [2.24, 2.45) is 0 Å². The zero-order valence-corrected chi connectivity index (χ0v) is 31.6. The van der Waals surface area contributed by atoms with E-state index in [4.69, 9.17) is 4.74 Å². The summed E-state index contributed by atoms with van der Waals surface area (Å²) in [6.45, 7) is 4.37. The molecule has 0 bridgehead atoms. The van der Waals surface area contributed by atoms with Gasteiger partial charge in [-0.25, -0.2) is 0 Å². The summed E-state index contributed by atoms with van der Waals surface area (Å²) < 4.78 is 5.22. The lowest BCUT2D eigenvalue weighted by Crippen LogP contribution is -2.51. The fraction of sp³-hybridized carbons (Fsp3) is 0.261. The molecule has 1 atom stereocenters. The number of carbonyl (C=O) groups excluding carboxylic acids is 4. The highest BCUT2D eigenvalue weighted by Crippen LogP contribution is 2.30. The maximum Gasteiger partial charge on any atom is 0.249 e. The third-order valence-electron chi connectivity index (χ3n) is 9.79. The van der Waals surface area contributed by atoms with E-state index >= 15 is 0 Å². The minimum absolute atomic E-state index is 0.0253. The molecule has 3 N–H and O–H groups in total. The van der Waals surface area contributed by atoms with Crippen LogP contribution in [-0.2, 0) is 51.5 Å². The Kier molecular flexibility index (Phi) is 12.4. The Balaban J connectivity index is 1.10. The molecule has 5 aromatic carbocycles. The molecule has 4 amide bonds. The molecule has 0 saturated heterocycles. The molecule has 0 aliphatic carbocycles. The van der Waals surface area contributed by atoms with E-state index < -0.39 is 11.6 Å². The van der Waals surface area contributed by atoms with Crippen LogP contribution in [0.2, 0.25) is 0 Å². The Bertz CT molecular complexity index is 2110. The van der Waals surface area contributed by atoms with Gasteiger partial charge < -0.3 is 25.6 Å². The number of nitrogens with zero attached hydrogens (tertiary/aromatic N) is 1. The van der Waals surface area contributed by atoms with Gasteiger partial charge in [0.25, 0.3) is 0 Å². The topological polar surface area (TPSA) is 117 Å². The van der Waals surface area contributed by atoms with Gasteiger partial charge in [0.2, 0.25) is 23.6 Å². The lowest BCUT2D eigenvalue weighted by molar-refractivity contribution is -0.129. The van der Waals surface area contributed by atoms with Crippen LogP contribution in [0.25, 0.3) is 11.1 Å². The van der Waals surface area contributed by atoms with Gasteiger partial charge >= 0.3 is 0 Å².